The van der Waals surface area contributed by atoms with Gasteiger partial charge in [-0.1, -0.05) is 0 Å². The lowest BCUT2D eigenvalue weighted by Crippen LogP contribution is -2.49. The molecule has 4 rings (SSSR count). The first-order valence-corrected chi connectivity index (χ1v) is 13.7. The molecule has 0 aromatic heterocycles. The SMILES string of the molecule is O=C(O)[C@@H](O)C1OC(=O)[C@H](O)[C@H]1O.O=C(O)[C@@H](O)[C@@H](O)[C@H](O)[C@@H](O)C(=O)O.O=C1O[C@H]([C@@H](O)C(=O)O)[C@H](O)[C@@H]1O.O=C1O[C@H]2[C@H](OC(=O)[C@@H]2O)[C@@H]1O. The van der Waals surface area contributed by atoms with Gasteiger partial charge < -0.3 is 101 Å². The van der Waals surface area contributed by atoms with Crippen molar-refractivity contribution >= 4 is 47.8 Å². The molecule has 16 N–H and O–H groups in total. The molecule has 0 bridgehead atoms. The first kappa shape index (κ1) is 45.3. The van der Waals surface area contributed by atoms with Gasteiger partial charge in [0.25, 0.3) is 0 Å². The van der Waals surface area contributed by atoms with Crippen molar-refractivity contribution in [1.29, 1.82) is 0 Å². The molecule has 52 heavy (non-hydrogen) atoms. The van der Waals surface area contributed by atoms with E-state index in [1.165, 1.54) is 0 Å². The monoisotopic (exact) mass is 768 g/mol. The van der Waals surface area contributed by atoms with E-state index in [1.807, 2.05) is 0 Å². The lowest BCUT2D eigenvalue weighted by atomic mass is 10.0. The number of aliphatic hydroxyl groups excluding tert-OH is 12. The maximum atomic E-state index is 10.7. The number of carbonyl (C=O) groups is 8. The quantitative estimate of drug-likeness (QED) is 0.0764. The molecule has 0 radical (unpaired) electrons. The molecule has 0 aliphatic carbocycles. The molecule has 28 nitrogen and oxygen atoms in total. The predicted octanol–water partition coefficient (Wildman–Crippen LogP) is -11.7. The van der Waals surface area contributed by atoms with Crippen LogP contribution in [0.4, 0.5) is 0 Å². The van der Waals surface area contributed by atoms with E-state index >= 15 is 0 Å². The molecular weight excluding hydrogens is 736 g/mol. The minimum atomic E-state index is -2.36. The number of aliphatic hydroxyl groups is 12. The molecule has 0 aromatic carbocycles. The van der Waals surface area contributed by atoms with E-state index in [0.29, 0.717) is 0 Å². The average molecular weight is 768 g/mol. The minimum Gasteiger partial charge on any atom is -0.479 e. The molecule has 0 saturated carbocycles. The minimum absolute atomic E-state index is 0.864. The largest absolute Gasteiger partial charge is 0.479 e. The number of fused-ring (bicyclic) bond motifs is 1. The third-order valence-corrected chi connectivity index (χ3v) is 6.87. The zero-order chi connectivity index (χ0) is 40.7. The van der Waals surface area contributed by atoms with Gasteiger partial charge in [0.05, 0.1) is 0 Å². The maximum absolute atomic E-state index is 10.7. The molecule has 1 unspecified atom stereocenters. The standard InChI is InChI=1S/C6H10O8.2C6H8O7.C6H6O6/c7-1(3(9)5(11)12)2(8)4(10)6(13)14;2*7-1-2(8)6(12)13-4(1)3(9)5(10)11;7-1-3-4(12-5(1)9)2(8)6(10)11-3/h1-4,7-10H,(H,11,12)(H,13,14);2*1-4,7-9H,(H,10,11);1-4,7-8H/t1-,2-,3-,4+;1-,2+,3-,4+;1-,2-,3+,4?;1-,2+,3-,4-/m0111/s1. The van der Waals surface area contributed by atoms with Crippen molar-refractivity contribution in [2.75, 3.05) is 0 Å². The van der Waals surface area contributed by atoms with Gasteiger partial charge in [0, 0.05) is 0 Å². The number of carboxylic acid groups (broad SMARTS) is 4. The fourth-order valence-corrected chi connectivity index (χ4v) is 3.93. The summed E-state index contributed by atoms with van der Waals surface area (Å²) in [4.78, 5) is 83.1. The fraction of sp³-hybridized carbons (Fsp3) is 0.667. The Labute approximate surface area is 285 Å². The van der Waals surface area contributed by atoms with Crippen molar-refractivity contribution in [3.05, 3.63) is 0 Å². The highest BCUT2D eigenvalue weighted by Gasteiger charge is 2.57. The Balaban J connectivity index is 0.000000347. The second-order valence-electron chi connectivity index (χ2n) is 10.5. The Bertz CT molecular complexity index is 1250. The van der Waals surface area contributed by atoms with E-state index < -0.39 is 145 Å². The van der Waals surface area contributed by atoms with Crippen LogP contribution >= 0.6 is 0 Å². The van der Waals surface area contributed by atoms with Crippen LogP contribution in [-0.2, 0) is 57.3 Å². The Morgan fingerprint density at radius 3 is 0.865 bits per heavy atom. The molecule has 4 aliphatic heterocycles. The van der Waals surface area contributed by atoms with E-state index in [0.717, 1.165) is 0 Å². The van der Waals surface area contributed by atoms with Crippen LogP contribution < -0.4 is 0 Å². The van der Waals surface area contributed by atoms with Gasteiger partial charge in [0.1, 0.15) is 24.4 Å². The van der Waals surface area contributed by atoms with Crippen molar-refractivity contribution < 1.29 is 139 Å². The van der Waals surface area contributed by atoms with Gasteiger partial charge in [-0.25, -0.2) is 38.4 Å². The second kappa shape index (κ2) is 18.7. The molecule has 296 valence electrons. The van der Waals surface area contributed by atoms with Gasteiger partial charge in [-0.05, 0) is 0 Å². The molecular formula is C24H32O28. The first-order valence-electron chi connectivity index (χ1n) is 13.7. The normalized spacial score (nSPS) is 33.5. The number of cyclic esters (lactones) is 2. The van der Waals surface area contributed by atoms with Crippen LogP contribution in [0.15, 0.2) is 0 Å². The topological polar surface area (TPSA) is 497 Å². The molecule has 4 aliphatic rings. The average Bonchev–Trinajstić information content (AvgIpc) is 3.71. The summed E-state index contributed by atoms with van der Waals surface area (Å²) in [5.41, 5.74) is 0. The third-order valence-electron chi connectivity index (χ3n) is 6.87. The summed E-state index contributed by atoms with van der Waals surface area (Å²) < 4.78 is 17.5. The molecule has 4 fully saturated rings. The summed E-state index contributed by atoms with van der Waals surface area (Å²) in [6.07, 6.45) is -28.6. The molecule has 0 aromatic rings. The van der Waals surface area contributed by atoms with Crippen LogP contribution in [0.3, 0.4) is 0 Å². The zero-order valence-electron chi connectivity index (χ0n) is 25.3. The highest BCUT2D eigenvalue weighted by molar-refractivity contribution is 5.85. The number of esters is 4. The van der Waals surface area contributed by atoms with Crippen molar-refractivity contribution in [1.82, 2.24) is 0 Å². The van der Waals surface area contributed by atoms with Crippen LogP contribution in [0, 0.1) is 0 Å². The highest BCUT2D eigenvalue weighted by Crippen LogP contribution is 2.28. The number of aliphatic carboxylic acids is 4. The van der Waals surface area contributed by atoms with Crippen LogP contribution in [-0.4, -0.2) is 227 Å². The molecule has 0 spiro atoms. The van der Waals surface area contributed by atoms with Gasteiger partial charge in [-0.15, -0.1) is 0 Å². The van der Waals surface area contributed by atoms with E-state index in [-0.39, 0.29) is 0 Å². The summed E-state index contributed by atoms with van der Waals surface area (Å²) in [5.74, 6) is -11.0. The number of ether oxygens (including phenoxy) is 4. The summed E-state index contributed by atoms with van der Waals surface area (Å²) in [6, 6.07) is 0. The summed E-state index contributed by atoms with van der Waals surface area (Å²) >= 11 is 0. The van der Waals surface area contributed by atoms with Gasteiger partial charge in [0.2, 0.25) is 0 Å². The number of hydrogen-bond acceptors (Lipinski definition) is 24. The molecule has 4 heterocycles. The van der Waals surface area contributed by atoms with Gasteiger partial charge in [0.15, 0.2) is 73.2 Å². The van der Waals surface area contributed by atoms with Crippen LogP contribution in [0.5, 0.6) is 0 Å². The van der Waals surface area contributed by atoms with Crippen molar-refractivity contribution in [2.24, 2.45) is 0 Å². The smallest absolute Gasteiger partial charge is 0.339 e. The summed E-state index contributed by atoms with van der Waals surface area (Å²) in [5, 5.41) is 140. The fourth-order valence-electron chi connectivity index (χ4n) is 3.93. The molecule has 16 atom stereocenters. The predicted molar refractivity (Wildman–Crippen MR) is 142 cm³/mol. The zero-order valence-corrected chi connectivity index (χ0v) is 25.3. The molecule has 28 heteroatoms. The number of carboxylic acids is 4. The maximum Gasteiger partial charge on any atom is 0.339 e. The Hall–Kier alpha value is -4.72. The van der Waals surface area contributed by atoms with Gasteiger partial charge in [-0.2, -0.15) is 0 Å². The molecule has 4 saturated heterocycles. The molecule has 0 amide bonds. The van der Waals surface area contributed by atoms with E-state index in [9.17, 15) is 38.4 Å². The lowest BCUT2D eigenvalue weighted by molar-refractivity contribution is -0.172. The van der Waals surface area contributed by atoms with E-state index in [1.54, 1.807) is 0 Å². The van der Waals surface area contributed by atoms with Gasteiger partial charge in [-0.3, -0.25) is 0 Å². The Kier molecular flexibility index (Phi) is 16.3. The Morgan fingerprint density at radius 1 is 0.423 bits per heavy atom. The van der Waals surface area contributed by atoms with Crippen LogP contribution in [0.25, 0.3) is 0 Å². The third kappa shape index (κ3) is 10.7. The highest BCUT2D eigenvalue weighted by atomic mass is 16.7. The Morgan fingerprint density at radius 2 is 0.673 bits per heavy atom. The summed E-state index contributed by atoms with van der Waals surface area (Å²) in [7, 11) is 0. The van der Waals surface area contributed by atoms with E-state index in [2.05, 4.69) is 18.9 Å². The number of carbonyl (C=O) groups excluding carboxylic acids is 4. The first-order chi connectivity index (χ1) is 23.8. The van der Waals surface area contributed by atoms with Crippen molar-refractivity contribution in [3.8, 4) is 0 Å². The van der Waals surface area contributed by atoms with E-state index in [4.69, 9.17) is 81.7 Å². The summed E-state index contributed by atoms with van der Waals surface area (Å²) in [6.45, 7) is 0. The number of hydrogen-bond donors (Lipinski definition) is 16. The van der Waals surface area contributed by atoms with Crippen molar-refractivity contribution in [3.63, 3.8) is 0 Å². The number of rotatable bonds is 9. The second-order valence-corrected chi connectivity index (χ2v) is 10.5. The van der Waals surface area contributed by atoms with Gasteiger partial charge >= 0.3 is 47.8 Å². The lowest BCUT2D eigenvalue weighted by Gasteiger charge is -2.21. The van der Waals surface area contributed by atoms with Crippen LogP contribution in [0.1, 0.15) is 0 Å². The van der Waals surface area contributed by atoms with Crippen molar-refractivity contribution in [2.45, 2.75) is 97.7 Å². The van der Waals surface area contributed by atoms with Crippen LogP contribution in [0.2, 0.25) is 0 Å².